The zero-order valence-corrected chi connectivity index (χ0v) is 13.2. The molecule has 2 aromatic rings. The third-order valence-electron chi connectivity index (χ3n) is 2.93. The van der Waals surface area contributed by atoms with Gasteiger partial charge >= 0.3 is 0 Å². The number of hydrogen-bond donors (Lipinski definition) is 1. The summed E-state index contributed by atoms with van der Waals surface area (Å²) in [5.74, 6) is 1.17. The summed E-state index contributed by atoms with van der Waals surface area (Å²) >= 11 is 12.3. The Morgan fingerprint density at radius 2 is 1.55 bits per heavy atom. The van der Waals surface area contributed by atoms with Crippen LogP contribution in [0.5, 0.6) is 11.5 Å². The van der Waals surface area contributed by atoms with Gasteiger partial charge in [0.25, 0.3) is 0 Å². The van der Waals surface area contributed by atoms with Crippen molar-refractivity contribution in [3.63, 3.8) is 0 Å². The van der Waals surface area contributed by atoms with Crippen molar-refractivity contribution in [2.45, 2.75) is 26.2 Å². The topological polar surface area (TPSA) is 35.2 Å². The van der Waals surface area contributed by atoms with E-state index in [9.17, 15) is 0 Å². The van der Waals surface area contributed by atoms with Crippen LogP contribution >= 0.6 is 23.2 Å². The molecule has 0 atom stereocenters. The molecule has 2 N–H and O–H groups in total. The Morgan fingerprint density at radius 3 is 2.10 bits per heavy atom. The number of benzene rings is 2. The van der Waals surface area contributed by atoms with Gasteiger partial charge in [0.05, 0.1) is 10.0 Å². The number of rotatable bonds is 2. The molecule has 0 aromatic heterocycles. The Hall–Kier alpha value is -1.38. The molecule has 2 aromatic carbocycles. The van der Waals surface area contributed by atoms with E-state index in [0.29, 0.717) is 21.5 Å². The van der Waals surface area contributed by atoms with E-state index in [2.05, 4.69) is 20.8 Å². The second-order valence-electron chi connectivity index (χ2n) is 5.66. The molecule has 4 heteroatoms. The van der Waals surface area contributed by atoms with Gasteiger partial charge in [-0.1, -0.05) is 62.2 Å². The van der Waals surface area contributed by atoms with E-state index >= 15 is 0 Å². The molecule has 0 bridgehead atoms. The minimum Gasteiger partial charge on any atom is -0.454 e. The molecule has 0 fully saturated rings. The SMILES string of the molecule is CC(C)(C)c1ccccc1Oc1c(Cl)cc(N)cc1Cl. The quantitative estimate of drug-likeness (QED) is 0.726. The maximum atomic E-state index is 6.16. The largest absolute Gasteiger partial charge is 0.454 e. The predicted molar refractivity (Wildman–Crippen MR) is 86.1 cm³/mol. The molecular weight excluding hydrogens is 293 g/mol. The first kappa shape index (κ1) is 15.0. The summed E-state index contributed by atoms with van der Waals surface area (Å²) in [5, 5.41) is 0.803. The smallest absolute Gasteiger partial charge is 0.164 e. The molecule has 0 aliphatic carbocycles. The molecule has 0 amide bonds. The van der Waals surface area contributed by atoms with Crippen LogP contribution in [-0.4, -0.2) is 0 Å². The van der Waals surface area contributed by atoms with Crippen molar-refractivity contribution in [2.24, 2.45) is 0 Å². The number of nitrogens with two attached hydrogens (primary N) is 1. The Balaban J connectivity index is 2.46. The number of nitrogen functional groups attached to an aromatic ring is 1. The van der Waals surface area contributed by atoms with Gasteiger partial charge < -0.3 is 10.5 Å². The number of anilines is 1. The van der Waals surface area contributed by atoms with Gasteiger partial charge in [-0.25, -0.2) is 0 Å². The van der Waals surface area contributed by atoms with Crippen LogP contribution in [0.3, 0.4) is 0 Å². The molecule has 2 nitrogen and oxygen atoms in total. The first-order valence-corrected chi connectivity index (χ1v) is 7.06. The van der Waals surface area contributed by atoms with Crippen molar-refractivity contribution in [3.05, 3.63) is 52.0 Å². The van der Waals surface area contributed by atoms with E-state index in [1.165, 1.54) is 0 Å². The van der Waals surface area contributed by atoms with Gasteiger partial charge in [0, 0.05) is 11.3 Å². The molecule has 20 heavy (non-hydrogen) atoms. The zero-order valence-electron chi connectivity index (χ0n) is 11.7. The summed E-state index contributed by atoms with van der Waals surface area (Å²) in [6, 6.07) is 11.1. The van der Waals surface area contributed by atoms with Crippen molar-refractivity contribution in [2.75, 3.05) is 5.73 Å². The van der Waals surface area contributed by atoms with Crippen molar-refractivity contribution in [1.29, 1.82) is 0 Å². The second kappa shape index (κ2) is 5.55. The number of halogens is 2. The molecule has 0 saturated carbocycles. The minimum absolute atomic E-state index is 0.0383. The lowest BCUT2D eigenvalue weighted by Gasteiger charge is -2.23. The standard InChI is InChI=1S/C16H17Cl2NO/c1-16(2,3)11-6-4-5-7-14(11)20-15-12(17)8-10(19)9-13(15)18/h4-9H,19H2,1-3H3. The van der Waals surface area contributed by atoms with E-state index < -0.39 is 0 Å². The fourth-order valence-corrected chi connectivity index (χ4v) is 2.54. The fraction of sp³-hybridized carbons (Fsp3) is 0.250. The fourth-order valence-electron chi connectivity index (χ4n) is 1.96. The number of ether oxygens (including phenoxy) is 1. The summed E-state index contributed by atoms with van der Waals surface area (Å²) in [6.45, 7) is 6.38. The summed E-state index contributed by atoms with van der Waals surface area (Å²) in [5.41, 5.74) is 7.26. The van der Waals surface area contributed by atoms with Crippen molar-refractivity contribution >= 4 is 28.9 Å². The van der Waals surface area contributed by atoms with Crippen LogP contribution in [0.15, 0.2) is 36.4 Å². The van der Waals surface area contributed by atoms with Crippen LogP contribution in [0.4, 0.5) is 5.69 Å². The molecule has 2 rings (SSSR count). The van der Waals surface area contributed by atoms with Gasteiger partial charge in [-0.2, -0.15) is 0 Å². The lowest BCUT2D eigenvalue weighted by molar-refractivity contribution is 0.456. The zero-order chi connectivity index (χ0) is 14.9. The summed E-state index contributed by atoms with van der Waals surface area (Å²) in [7, 11) is 0. The molecule has 0 unspecified atom stereocenters. The van der Waals surface area contributed by atoms with Crippen LogP contribution in [-0.2, 0) is 5.41 Å². The van der Waals surface area contributed by atoms with Crippen LogP contribution in [0.1, 0.15) is 26.3 Å². The average Bonchev–Trinajstić information content (AvgIpc) is 2.33. The third kappa shape index (κ3) is 3.20. The highest BCUT2D eigenvalue weighted by Gasteiger charge is 2.20. The lowest BCUT2D eigenvalue weighted by Crippen LogP contribution is -2.12. The highest BCUT2D eigenvalue weighted by molar-refractivity contribution is 6.37. The van der Waals surface area contributed by atoms with E-state index in [1.807, 2.05) is 24.3 Å². The van der Waals surface area contributed by atoms with Crippen molar-refractivity contribution in [3.8, 4) is 11.5 Å². The Bertz CT molecular complexity index is 610. The third-order valence-corrected chi connectivity index (χ3v) is 3.49. The molecule has 0 aliphatic rings. The summed E-state index contributed by atoms with van der Waals surface area (Å²) in [6.07, 6.45) is 0. The van der Waals surface area contributed by atoms with E-state index in [4.69, 9.17) is 33.7 Å². The summed E-state index contributed by atoms with van der Waals surface area (Å²) in [4.78, 5) is 0. The molecule has 0 heterocycles. The molecule has 0 aliphatic heterocycles. The van der Waals surface area contributed by atoms with Crippen molar-refractivity contribution < 1.29 is 4.74 Å². The highest BCUT2D eigenvalue weighted by atomic mass is 35.5. The Labute approximate surface area is 129 Å². The molecular formula is C16H17Cl2NO. The van der Waals surface area contributed by atoms with Gasteiger partial charge in [0.15, 0.2) is 5.75 Å². The Morgan fingerprint density at radius 1 is 1.00 bits per heavy atom. The first-order chi connectivity index (χ1) is 9.29. The Kier molecular flexibility index (Phi) is 4.17. The lowest BCUT2D eigenvalue weighted by atomic mass is 9.86. The summed E-state index contributed by atoms with van der Waals surface area (Å²) < 4.78 is 5.93. The van der Waals surface area contributed by atoms with Crippen LogP contribution in [0.25, 0.3) is 0 Å². The monoisotopic (exact) mass is 309 g/mol. The van der Waals surface area contributed by atoms with Gasteiger partial charge in [0.2, 0.25) is 0 Å². The average molecular weight is 310 g/mol. The molecule has 0 saturated heterocycles. The van der Waals surface area contributed by atoms with Gasteiger partial charge in [-0.3, -0.25) is 0 Å². The maximum Gasteiger partial charge on any atom is 0.164 e. The van der Waals surface area contributed by atoms with Crippen LogP contribution in [0.2, 0.25) is 10.0 Å². The van der Waals surface area contributed by atoms with Gasteiger partial charge in [-0.15, -0.1) is 0 Å². The highest BCUT2D eigenvalue weighted by Crippen LogP contribution is 2.41. The molecule has 0 spiro atoms. The molecule has 106 valence electrons. The predicted octanol–water partition coefficient (Wildman–Crippen LogP) is 5.67. The van der Waals surface area contributed by atoms with E-state index in [1.54, 1.807) is 12.1 Å². The van der Waals surface area contributed by atoms with Crippen LogP contribution < -0.4 is 10.5 Å². The van der Waals surface area contributed by atoms with E-state index in [0.717, 1.165) is 11.3 Å². The first-order valence-electron chi connectivity index (χ1n) is 6.31. The maximum absolute atomic E-state index is 6.16. The molecule has 0 radical (unpaired) electrons. The van der Waals surface area contributed by atoms with E-state index in [-0.39, 0.29) is 5.41 Å². The number of hydrogen-bond acceptors (Lipinski definition) is 2. The number of para-hydroxylation sites is 1. The van der Waals surface area contributed by atoms with Crippen molar-refractivity contribution in [1.82, 2.24) is 0 Å². The minimum atomic E-state index is -0.0383. The normalized spacial score (nSPS) is 11.4. The van der Waals surface area contributed by atoms with Gasteiger partial charge in [-0.05, 0) is 23.6 Å². The van der Waals surface area contributed by atoms with Gasteiger partial charge in [0.1, 0.15) is 5.75 Å². The van der Waals surface area contributed by atoms with Crippen LogP contribution in [0, 0.1) is 0 Å². The second-order valence-corrected chi connectivity index (χ2v) is 6.48.